The summed E-state index contributed by atoms with van der Waals surface area (Å²) in [7, 11) is 0. The van der Waals surface area contributed by atoms with Crippen LogP contribution in [0.5, 0.6) is 0 Å². The molecule has 2 rings (SSSR count). The second kappa shape index (κ2) is 8.99. The van der Waals surface area contributed by atoms with Crippen LogP contribution in [0.15, 0.2) is 12.3 Å². The minimum Gasteiger partial charge on any atom is -0.348 e. The second-order valence-electron chi connectivity index (χ2n) is 6.86. The minimum atomic E-state index is -0.114. The fraction of sp³-hybridized carbons (Fsp3) is 0.722. The Bertz CT molecular complexity index is 572. The molecule has 140 valence electrons. The monoisotopic (exact) mass is 349 g/mol. The van der Waals surface area contributed by atoms with Crippen LogP contribution in [0.2, 0.25) is 0 Å². The summed E-state index contributed by atoms with van der Waals surface area (Å²) in [6.45, 7) is 11.7. The highest BCUT2D eigenvalue weighted by molar-refractivity contribution is 5.92. The Morgan fingerprint density at radius 3 is 2.44 bits per heavy atom. The molecule has 0 saturated carbocycles. The largest absolute Gasteiger partial charge is 0.348 e. The molecule has 0 spiro atoms. The van der Waals surface area contributed by atoms with Crippen molar-refractivity contribution in [3.8, 4) is 0 Å². The Labute approximate surface area is 150 Å². The van der Waals surface area contributed by atoms with Crippen LogP contribution in [0.1, 0.15) is 57.1 Å². The molecular weight excluding hydrogens is 318 g/mol. The molecule has 1 aliphatic rings. The number of likely N-dealkylation sites (tertiary alicyclic amines) is 1. The van der Waals surface area contributed by atoms with Gasteiger partial charge in [0.2, 0.25) is 5.91 Å². The summed E-state index contributed by atoms with van der Waals surface area (Å²) < 4.78 is 1.79. The van der Waals surface area contributed by atoms with Crippen LogP contribution in [0.25, 0.3) is 0 Å². The second-order valence-corrected chi connectivity index (χ2v) is 6.86. The third kappa shape index (κ3) is 5.29. The predicted molar refractivity (Wildman–Crippen MR) is 97.5 cm³/mol. The molecule has 1 fully saturated rings. The molecule has 1 aromatic heterocycles. The van der Waals surface area contributed by atoms with Crippen molar-refractivity contribution >= 4 is 11.8 Å². The number of piperidine rings is 1. The number of likely N-dealkylation sites (N-methyl/N-ethyl adjacent to an activating group) is 1. The van der Waals surface area contributed by atoms with Crippen molar-refractivity contribution < 1.29 is 9.59 Å². The Kier molecular flexibility index (Phi) is 6.99. The van der Waals surface area contributed by atoms with Gasteiger partial charge in [0.15, 0.2) is 0 Å². The van der Waals surface area contributed by atoms with E-state index in [0.29, 0.717) is 12.2 Å². The van der Waals surface area contributed by atoms with Crippen LogP contribution in [-0.4, -0.2) is 70.2 Å². The molecule has 1 saturated heterocycles. The zero-order chi connectivity index (χ0) is 18.4. The molecule has 1 N–H and O–H groups in total. The lowest BCUT2D eigenvalue weighted by Crippen LogP contribution is -2.48. The number of aromatic nitrogens is 2. The van der Waals surface area contributed by atoms with Gasteiger partial charge in [0.25, 0.3) is 5.91 Å². The van der Waals surface area contributed by atoms with Gasteiger partial charge in [-0.15, -0.1) is 0 Å². The topological polar surface area (TPSA) is 70.5 Å². The first-order valence-electron chi connectivity index (χ1n) is 9.30. The van der Waals surface area contributed by atoms with Crippen LogP contribution < -0.4 is 5.32 Å². The molecule has 1 aromatic rings. The van der Waals surface area contributed by atoms with Crippen LogP contribution in [0, 0.1) is 0 Å². The maximum absolute atomic E-state index is 12.3. The molecular formula is C18H31N5O2. The van der Waals surface area contributed by atoms with E-state index in [1.54, 1.807) is 10.7 Å². The minimum absolute atomic E-state index is 0.114. The zero-order valence-electron chi connectivity index (χ0n) is 15.9. The van der Waals surface area contributed by atoms with Gasteiger partial charge in [-0.1, -0.05) is 0 Å². The molecule has 0 unspecified atom stereocenters. The lowest BCUT2D eigenvalue weighted by molar-refractivity contribution is -0.132. The summed E-state index contributed by atoms with van der Waals surface area (Å²) in [6.07, 6.45) is 3.56. The number of nitrogens with zero attached hydrogens (tertiary/aromatic N) is 4. The summed E-state index contributed by atoms with van der Waals surface area (Å²) in [4.78, 5) is 28.5. The fourth-order valence-corrected chi connectivity index (χ4v) is 3.11. The average molecular weight is 349 g/mol. The number of rotatable bonds is 7. The van der Waals surface area contributed by atoms with Gasteiger partial charge in [0.05, 0.1) is 6.54 Å². The Morgan fingerprint density at radius 1 is 1.28 bits per heavy atom. The summed E-state index contributed by atoms with van der Waals surface area (Å²) in [5.41, 5.74) is 0.466. The summed E-state index contributed by atoms with van der Waals surface area (Å²) in [6, 6.07) is 2.15. The quantitative estimate of drug-likeness (QED) is 0.810. The first kappa shape index (κ1) is 19.4. The van der Waals surface area contributed by atoms with E-state index in [-0.39, 0.29) is 23.9 Å². The number of hydrogen-bond donors (Lipinski definition) is 1. The van der Waals surface area contributed by atoms with Gasteiger partial charge in [0, 0.05) is 44.5 Å². The van der Waals surface area contributed by atoms with Gasteiger partial charge < -0.3 is 10.2 Å². The number of carbonyl (C=O) groups excluding carboxylic acids is 2. The highest BCUT2D eigenvalue weighted by Crippen LogP contribution is 2.12. The van der Waals surface area contributed by atoms with Gasteiger partial charge in [-0.3, -0.25) is 19.2 Å². The van der Waals surface area contributed by atoms with E-state index in [1.165, 1.54) is 0 Å². The molecule has 2 heterocycles. The van der Waals surface area contributed by atoms with E-state index >= 15 is 0 Å². The first-order valence-corrected chi connectivity index (χ1v) is 9.30. The molecule has 0 atom stereocenters. The van der Waals surface area contributed by atoms with Crippen molar-refractivity contribution in [1.29, 1.82) is 0 Å². The Morgan fingerprint density at radius 2 is 1.92 bits per heavy atom. The predicted octanol–water partition coefficient (Wildman–Crippen LogP) is 1.53. The summed E-state index contributed by atoms with van der Waals surface area (Å²) in [5, 5.41) is 7.38. The number of hydrogen-bond acceptors (Lipinski definition) is 4. The van der Waals surface area contributed by atoms with Crippen molar-refractivity contribution in [1.82, 2.24) is 24.9 Å². The van der Waals surface area contributed by atoms with Crippen LogP contribution in [-0.2, 0) is 4.79 Å². The molecule has 25 heavy (non-hydrogen) atoms. The van der Waals surface area contributed by atoms with Gasteiger partial charge >= 0.3 is 0 Å². The highest BCUT2D eigenvalue weighted by atomic mass is 16.2. The normalized spacial score (nSPS) is 16.2. The molecule has 1 aliphatic heterocycles. The Hall–Kier alpha value is -1.89. The number of carbonyl (C=O) groups is 2. The van der Waals surface area contributed by atoms with E-state index in [0.717, 1.165) is 39.0 Å². The fourth-order valence-electron chi connectivity index (χ4n) is 3.11. The van der Waals surface area contributed by atoms with Crippen molar-refractivity contribution in [2.24, 2.45) is 0 Å². The van der Waals surface area contributed by atoms with Crippen molar-refractivity contribution in [3.63, 3.8) is 0 Å². The van der Waals surface area contributed by atoms with Gasteiger partial charge in [-0.25, -0.2) is 0 Å². The van der Waals surface area contributed by atoms with Gasteiger partial charge in [0.1, 0.15) is 5.69 Å². The maximum atomic E-state index is 12.3. The lowest BCUT2D eigenvalue weighted by Gasteiger charge is -2.33. The van der Waals surface area contributed by atoms with Gasteiger partial charge in [-0.05, 0) is 46.6 Å². The van der Waals surface area contributed by atoms with E-state index in [4.69, 9.17) is 0 Å². The van der Waals surface area contributed by atoms with E-state index in [9.17, 15) is 9.59 Å². The summed E-state index contributed by atoms with van der Waals surface area (Å²) in [5.74, 6) is 0.0729. The van der Waals surface area contributed by atoms with E-state index in [1.807, 2.05) is 38.8 Å². The number of nitrogens with one attached hydrogen (secondary N) is 1. The molecule has 0 radical (unpaired) electrons. The molecule has 0 bridgehead atoms. The standard InChI is InChI=1S/C18H31N5O2/c1-5-22(6-2)17(24)13-21-10-7-15(8-11-21)19-18(25)16-9-12-23(20-16)14(3)4/h9,12,14-15H,5-8,10-11,13H2,1-4H3,(H,19,25). The van der Waals surface area contributed by atoms with Crippen molar-refractivity contribution in [2.45, 2.75) is 52.6 Å². The maximum Gasteiger partial charge on any atom is 0.271 e. The molecule has 0 aliphatic carbocycles. The lowest BCUT2D eigenvalue weighted by atomic mass is 10.0. The van der Waals surface area contributed by atoms with Crippen LogP contribution >= 0.6 is 0 Å². The third-order valence-electron chi connectivity index (χ3n) is 4.77. The van der Waals surface area contributed by atoms with Gasteiger partial charge in [-0.2, -0.15) is 5.10 Å². The zero-order valence-corrected chi connectivity index (χ0v) is 15.9. The Balaban J connectivity index is 1.78. The molecule has 7 nitrogen and oxygen atoms in total. The third-order valence-corrected chi connectivity index (χ3v) is 4.77. The molecule has 0 aromatic carbocycles. The smallest absolute Gasteiger partial charge is 0.271 e. The van der Waals surface area contributed by atoms with Crippen LogP contribution in [0.3, 0.4) is 0 Å². The SMILES string of the molecule is CCN(CC)C(=O)CN1CCC(NC(=O)c2ccn(C(C)C)n2)CC1. The number of amides is 2. The average Bonchev–Trinajstić information content (AvgIpc) is 3.08. The van der Waals surface area contributed by atoms with Crippen LogP contribution in [0.4, 0.5) is 0 Å². The first-order chi connectivity index (χ1) is 11.9. The highest BCUT2D eigenvalue weighted by Gasteiger charge is 2.24. The van der Waals surface area contributed by atoms with Crippen molar-refractivity contribution in [2.75, 3.05) is 32.7 Å². The van der Waals surface area contributed by atoms with E-state index < -0.39 is 0 Å². The van der Waals surface area contributed by atoms with Crippen molar-refractivity contribution in [3.05, 3.63) is 18.0 Å². The summed E-state index contributed by atoms with van der Waals surface area (Å²) >= 11 is 0. The molecule has 2 amide bonds. The molecule has 7 heteroatoms. The van der Waals surface area contributed by atoms with E-state index in [2.05, 4.69) is 15.3 Å².